The molecule has 5 heteroatoms. The zero-order valence-corrected chi connectivity index (χ0v) is 28.3. The minimum absolute atomic E-state index is 0.0861. The summed E-state index contributed by atoms with van der Waals surface area (Å²) in [4.78, 5) is 24.7. The first-order valence-electron chi connectivity index (χ1n) is 18.2. The molecule has 0 fully saturated rings. The number of esters is 2. The van der Waals surface area contributed by atoms with Gasteiger partial charge in [-0.3, -0.25) is 9.59 Å². The smallest absolute Gasteiger partial charge is 0.306 e. The predicted molar refractivity (Wildman–Crippen MR) is 178 cm³/mol. The summed E-state index contributed by atoms with van der Waals surface area (Å²) in [6.07, 6.45) is 33.6. The Morgan fingerprint density at radius 1 is 0.500 bits per heavy atom. The van der Waals surface area contributed by atoms with E-state index in [2.05, 4.69) is 32.9 Å². The highest BCUT2D eigenvalue weighted by molar-refractivity contribution is 5.70. The second-order valence-electron chi connectivity index (χ2n) is 12.1. The van der Waals surface area contributed by atoms with Gasteiger partial charge in [-0.25, -0.2) is 0 Å². The van der Waals surface area contributed by atoms with Crippen molar-refractivity contribution in [3.8, 4) is 0 Å². The zero-order chi connectivity index (χ0) is 30.8. The molecule has 0 radical (unpaired) electrons. The van der Waals surface area contributed by atoms with E-state index in [0.29, 0.717) is 26.1 Å². The summed E-state index contributed by atoms with van der Waals surface area (Å²) in [7, 11) is 0. The molecule has 0 aliphatic rings. The average molecular weight is 595 g/mol. The molecule has 5 nitrogen and oxygen atoms in total. The maximum Gasteiger partial charge on any atom is 0.306 e. The minimum Gasteiger partial charge on any atom is -0.462 e. The third-order valence-corrected chi connectivity index (χ3v) is 7.80. The Morgan fingerprint density at radius 2 is 0.952 bits per heavy atom. The van der Waals surface area contributed by atoms with E-state index in [1.807, 2.05) is 0 Å². The van der Waals surface area contributed by atoms with Crippen LogP contribution in [-0.4, -0.2) is 37.9 Å². The van der Waals surface area contributed by atoms with Gasteiger partial charge in [-0.2, -0.15) is 0 Å². The molecule has 0 aromatic heterocycles. The maximum atomic E-state index is 12.4. The van der Waals surface area contributed by atoms with Gasteiger partial charge in [0.05, 0.1) is 6.61 Å². The van der Waals surface area contributed by atoms with Gasteiger partial charge in [-0.1, -0.05) is 148 Å². The van der Waals surface area contributed by atoms with E-state index < -0.39 is 6.10 Å². The normalized spacial score (nSPS) is 12.2. The molecule has 248 valence electrons. The van der Waals surface area contributed by atoms with Crippen LogP contribution in [0.2, 0.25) is 0 Å². The predicted octanol–water partition coefficient (Wildman–Crippen LogP) is 11.2. The standard InChI is InChI=1S/C37H70O5/c1-4-7-10-13-15-17-19-20-22-25-27-30-36(38)41-34-35(42-37(39)31-28-24-12-9-6-3)33-40-32-29-26-23-21-18-16-14-11-8-5-2/h13,15,35H,4-12,14,16-34H2,1-3H3/b15-13-. The summed E-state index contributed by atoms with van der Waals surface area (Å²) in [5.41, 5.74) is 0. The first kappa shape index (κ1) is 40.6. The van der Waals surface area contributed by atoms with Crippen LogP contribution in [0.5, 0.6) is 0 Å². The molecule has 0 saturated heterocycles. The van der Waals surface area contributed by atoms with E-state index in [1.165, 1.54) is 103 Å². The Kier molecular flexibility index (Phi) is 33.0. The van der Waals surface area contributed by atoms with E-state index in [4.69, 9.17) is 14.2 Å². The second-order valence-corrected chi connectivity index (χ2v) is 12.1. The molecule has 0 aliphatic heterocycles. The quantitative estimate of drug-likeness (QED) is 0.0429. The molecule has 0 aliphatic carbocycles. The minimum atomic E-state index is -0.523. The highest BCUT2D eigenvalue weighted by atomic mass is 16.6. The lowest BCUT2D eigenvalue weighted by atomic mass is 10.1. The van der Waals surface area contributed by atoms with Crippen LogP contribution in [-0.2, 0) is 23.8 Å². The average Bonchev–Trinajstić information content (AvgIpc) is 2.99. The lowest BCUT2D eigenvalue weighted by Crippen LogP contribution is -2.30. The molecule has 0 bridgehead atoms. The summed E-state index contributed by atoms with van der Waals surface area (Å²) in [6, 6.07) is 0. The van der Waals surface area contributed by atoms with Gasteiger partial charge >= 0.3 is 11.9 Å². The number of unbranched alkanes of at least 4 members (excludes halogenated alkanes) is 20. The van der Waals surface area contributed by atoms with Gasteiger partial charge in [0.25, 0.3) is 0 Å². The Hall–Kier alpha value is -1.36. The van der Waals surface area contributed by atoms with Crippen molar-refractivity contribution in [2.45, 2.75) is 194 Å². The highest BCUT2D eigenvalue weighted by Gasteiger charge is 2.17. The van der Waals surface area contributed by atoms with Gasteiger partial charge in [-0.15, -0.1) is 0 Å². The fourth-order valence-corrected chi connectivity index (χ4v) is 5.02. The van der Waals surface area contributed by atoms with Crippen molar-refractivity contribution in [3.63, 3.8) is 0 Å². The number of hydrogen-bond acceptors (Lipinski definition) is 5. The van der Waals surface area contributed by atoms with Crippen molar-refractivity contribution in [2.24, 2.45) is 0 Å². The SMILES string of the molecule is CCCC/C=C\CCCCCCCC(=O)OCC(COCCCCCCCCCCCC)OC(=O)CCCCCCC. The van der Waals surface area contributed by atoms with E-state index >= 15 is 0 Å². The first-order chi connectivity index (χ1) is 20.6. The van der Waals surface area contributed by atoms with Crippen molar-refractivity contribution in [3.05, 3.63) is 12.2 Å². The monoisotopic (exact) mass is 595 g/mol. The third-order valence-electron chi connectivity index (χ3n) is 7.80. The Bertz CT molecular complexity index is 603. The number of ether oxygens (including phenoxy) is 3. The molecule has 0 aromatic rings. The van der Waals surface area contributed by atoms with Crippen LogP contribution in [0.25, 0.3) is 0 Å². The van der Waals surface area contributed by atoms with Gasteiger partial charge in [-0.05, 0) is 38.5 Å². The Labute approximate surface area is 261 Å². The molecule has 0 rings (SSSR count). The van der Waals surface area contributed by atoms with E-state index in [1.54, 1.807) is 0 Å². The molecule has 1 atom stereocenters. The molecule has 42 heavy (non-hydrogen) atoms. The summed E-state index contributed by atoms with van der Waals surface area (Å²) in [5, 5.41) is 0. The van der Waals surface area contributed by atoms with Gasteiger partial charge in [0.15, 0.2) is 6.10 Å². The molecule has 0 saturated carbocycles. The molecule has 0 N–H and O–H groups in total. The first-order valence-corrected chi connectivity index (χ1v) is 18.2. The number of rotatable bonds is 33. The van der Waals surface area contributed by atoms with Crippen molar-refractivity contribution in [1.29, 1.82) is 0 Å². The van der Waals surface area contributed by atoms with Crippen LogP contribution in [0.1, 0.15) is 188 Å². The Balaban J connectivity index is 4.13. The van der Waals surface area contributed by atoms with Gasteiger partial charge < -0.3 is 14.2 Å². The van der Waals surface area contributed by atoms with Crippen LogP contribution in [0.3, 0.4) is 0 Å². The topological polar surface area (TPSA) is 61.8 Å². The van der Waals surface area contributed by atoms with Crippen molar-refractivity contribution >= 4 is 11.9 Å². The second kappa shape index (κ2) is 34.1. The van der Waals surface area contributed by atoms with Gasteiger partial charge in [0.2, 0.25) is 0 Å². The molecule has 1 unspecified atom stereocenters. The summed E-state index contributed by atoms with van der Waals surface area (Å²) in [5.74, 6) is -0.417. The molecular formula is C37H70O5. The Morgan fingerprint density at radius 3 is 1.52 bits per heavy atom. The van der Waals surface area contributed by atoms with Gasteiger partial charge in [0.1, 0.15) is 6.61 Å². The van der Waals surface area contributed by atoms with Crippen LogP contribution < -0.4 is 0 Å². The number of carbonyl (C=O) groups is 2. The number of allylic oxidation sites excluding steroid dienone is 2. The summed E-state index contributed by atoms with van der Waals surface area (Å²) in [6.45, 7) is 7.70. The lowest BCUT2D eigenvalue weighted by molar-refractivity contribution is -0.163. The van der Waals surface area contributed by atoms with Gasteiger partial charge in [0, 0.05) is 19.4 Å². The fourth-order valence-electron chi connectivity index (χ4n) is 5.02. The van der Waals surface area contributed by atoms with Crippen molar-refractivity contribution < 1.29 is 23.8 Å². The number of carbonyl (C=O) groups excluding carboxylic acids is 2. The van der Waals surface area contributed by atoms with E-state index in [9.17, 15) is 9.59 Å². The largest absolute Gasteiger partial charge is 0.462 e. The van der Waals surface area contributed by atoms with Crippen LogP contribution in [0.4, 0.5) is 0 Å². The third kappa shape index (κ3) is 31.6. The fraction of sp³-hybridized carbons (Fsp3) is 0.892. The van der Waals surface area contributed by atoms with Crippen molar-refractivity contribution in [2.75, 3.05) is 19.8 Å². The molecule has 0 amide bonds. The summed E-state index contributed by atoms with van der Waals surface area (Å²) >= 11 is 0. The van der Waals surface area contributed by atoms with Crippen LogP contribution in [0, 0.1) is 0 Å². The highest BCUT2D eigenvalue weighted by Crippen LogP contribution is 2.12. The summed E-state index contributed by atoms with van der Waals surface area (Å²) < 4.78 is 17.0. The number of hydrogen-bond donors (Lipinski definition) is 0. The molecular weight excluding hydrogens is 524 g/mol. The van der Waals surface area contributed by atoms with Crippen molar-refractivity contribution in [1.82, 2.24) is 0 Å². The molecule has 0 aromatic carbocycles. The van der Waals surface area contributed by atoms with Crippen LogP contribution >= 0.6 is 0 Å². The zero-order valence-electron chi connectivity index (χ0n) is 28.3. The van der Waals surface area contributed by atoms with Crippen LogP contribution in [0.15, 0.2) is 12.2 Å². The van der Waals surface area contributed by atoms with E-state index in [0.717, 1.165) is 51.4 Å². The maximum absolute atomic E-state index is 12.4. The molecule has 0 spiro atoms. The lowest BCUT2D eigenvalue weighted by Gasteiger charge is -2.18. The van der Waals surface area contributed by atoms with E-state index in [-0.39, 0.29) is 18.5 Å². The molecule has 0 heterocycles.